The lowest BCUT2D eigenvalue weighted by Gasteiger charge is -2.06. The first-order valence-corrected chi connectivity index (χ1v) is 5.08. The highest BCUT2D eigenvalue weighted by Gasteiger charge is 2.00. The molecule has 0 aromatic heterocycles. The van der Waals surface area contributed by atoms with E-state index < -0.39 is 0 Å². The molecular formula is C11H16N2O3. The number of amides is 1. The second-order valence-electron chi connectivity index (χ2n) is 3.24. The van der Waals surface area contributed by atoms with Gasteiger partial charge in [-0.05, 0) is 12.1 Å². The molecule has 4 N–H and O–H groups in total. The van der Waals surface area contributed by atoms with Gasteiger partial charge in [-0.2, -0.15) is 0 Å². The van der Waals surface area contributed by atoms with Crippen LogP contribution in [0.15, 0.2) is 24.3 Å². The van der Waals surface area contributed by atoms with Gasteiger partial charge in [0.15, 0.2) is 0 Å². The second-order valence-corrected chi connectivity index (χ2v) is 3.24. The van der Waals surface area contributed by atoms with Crippen LogP contribution < -0.4 is 15.8 Å². The van der Waals surface area contributed by atoms with Crippen LogP contribution in [0.2, 0.25) is 0 Å². The molecule has 0 saturated carbocycles. The number of aliphatic hydroxyl groups excluding tert-OH is 1. The van der Waals surface area contributed by atoms with Crippen LogP contribution in [0.25, 0.3) is 0 Å². The Morgan fingerprint density at radius 3 is 3.00 bits per heavy atom. The lowest BCUT2D eigenvalue weighted by molar-refractivity contribution is -0.121. The zero-order valence-corrected chi connectivity index (χ0v) is 8.98. The van der Waals surface area contributed by atoms with Crippen molar-refractivity contribution in [2.75, 3.05) is 25.5 Å². The average molecular weight is 224 g/mol. The predicted molar refractivity (Wildman–Crippen MR) is 61.1 cm³/mol. The van der Waals surface area contributed by atoms with Crippen LogP contribution in [0.5, 0.6) is 5.75 Å². The fraction of sp³-hybridized carbons (Fsp3) is 0.364. The van der Waals surface area contributed by atoms with E-state index in [-0.39, 0.29) is 25.5 Å². The van der Waals surface area contributed by atoms with Crippen molar-refractivity contribution < 1.29 is 14.6 Å². The predicted octanol–water partition coefficient (Wildman–Crippen LogP) is 0.146. The van der Waals surface area contributed by atoms with Crippen LogP contribution in [-0.4, -0.2) is 30.8 Å². The molecule has 0 bridgehead atoms. The molecule has 16 heavy (non-hydrogen) atoms. The molecule has 5 nitrogen and oxygen atoms in total. The summed E-state index contributed by atoms with van der Waals surface area (Å²) in [6.45, 7) is 0.514. The Balaban J connectivity index is 2.22. The largest absolute Gasteiger partial charge is 0.493 e. The van der Waals surface area contributed by atoms with Crippen molar-refractivity contribution in [2.24, 2.45) is 0 Å². The Labute approximate surface area is 94.2 Å². The number of benzene rings is 1. The third-order valence-corrected chi connectivity index (χ3v) is 1.89. The highest BCUT2D eigenvalue weighted by atomic mass is 16.5. The van der Waals surface area contributed by atoms with E-state index in [0.29, 0.717) is 18.0 Å². The summed E-state index contributed by atoms with van der Waals surface area (Å²) in [6.07, 6.45) is 0.259. The number of carbonyl (C=O) groups is 1. The van der Waals surface area contributed by atoms with Crippen molar-refractivity contribution in [3.05, 3.63) is 24.3 Å². The monoisotopic (exact) mass is 224 g/mol. The van der Waals surface area contributed by atoms with Crippen LogP contribution in [0.3, 0.4) is 0 Å². The van der Waals surface area contributed by atoms with Crippen LogP contribution in [0.4, 0.5) is 5.69 Å². The number of hydrogen-bond donors (Lipinski definition) is 3. The smallest absolute Gasteiger partial charge is 0.223 e. The second kappa shape index (κ2) is 6.68. The fourth-order valence-electron chi connectivity index (χ4n) is 1.15. The maximum atomic E-state index is 11.1. The van der Waals surface area contributed by atoms with Crippen molar-refractivity contribution in [3.8, 4) is 5.75 Å². The van der Waals surface area contributed by atoms with Crippen molar-refractivity contribution >= 4 is 11.6 Å². The van der Waals surface area contributed by atoms with Gasteiger partial charge in [-0.3, -0.25) is 4.79 Å². The number of ether oxygens (including phenoxy) is 1. The first-order chi connectivity index (χ1) is 7.72. The first-order valence-electron chi connectivity index (χ1n) is 5.08. The van der Waals surface area contributed by atoms with E-state index in [2.05, 4.69) is 5.32 Å². The van der Waals surface area contributed by atoms with E-state index in [9.17, 15) is 4.79 Å². The molecule has 1 aromatic carbocycles. The summed E-state index contributed by atoms with van der Waals surface area (Å²) in [5.41, 5.74) is 6.20. The highest BCUT2D eigenvalue weighted by Crippen LogP contribution is 2.14. The quantitative estimate of drug-likeness (QED) is 0.600. The average Bonchev–Trinajstić information content (AvgIpc) is 2.26. The number of carbonyl (C=O) groups excluding carboxylic acids is 1. The van der Waals surface area contributed by atoms with Gasteiger partial charge in [0.05, 0.1) is 19.6 Å². The molecule has 0 aliphatic heterocycles. The maximum Gasteiger partial charge on any atom is 0.223 e. The Hall–Kier alpha value is -1.75. The molecule has 0 fully saturated rings. The van der Waals surface area contributed by atoms with Crippen LogP contribution >= 0.6 is 0 Å². The molecule has 1 rings (SSSR count). The van der Waals surface area contributed by atoms with Gasteiger partial charge < -0.3 is 20.9 Å². The number of nitrogens with one attached hydrogen (secondary N) is 1. The Kier molecular flexibility index (Phi) is 5.15. The van der Waals surface area contributed by atoms with Gasteiger partial charge in [-0.25, -0.2) is 0 Å². The van der Waals surface area contributed by atoms with Crippen molar-refractivity contribution in [2.45, 2.75) is 6.42 Å². The highest BCUT2D eigenvalue weighted by molar-refractivity contribution is 5.75. The summed E-state index contributed by atoms with van der Waals surface area (Å²) in [4.78, 5) is 11.1. The molecule has 88 valence electrons. The molecule has 1 amide bonds. The number of anilines is 1. The molecule has 0 aliphatic carbocycles. The summed E-state index contributed by atoms with van der Waals surface area (Å²) in [5.74, 6) is 0.507. The maximum absolute atomic E-state index is 11.1. The summed E-state index contributed by atoms with van der Waals surface area (Å²) < 4.78 is 5.33. The summed E-state index contributed by atoms with van der Waals surface area (Å²) in [5, 5.41) is 11.0. The number of nitrogen functional groups attached to an aromatic ring is 1. The molecule has 5 heteroatoms. The Bertz CT molecular complexity index is 342. The van der Waals surface area contributed by atoms with E-state index >= 15 is 0 Å². The molecule has 0 spiro atoms. The molecule has 0 atom stereocenters. The third kappa shape index (κ3) is 4.65. The van der Waals surface area contributed by atoms with Gasteiger partial charge in [0, 0.05) is 18.3 Å². The van der Waals surface area contributed by atoms with E-state index in [4.69, 9.17) is 15.6 Å². The third-order valence-electron chi connectivity index (χ3n) is 1.89. The SMILES string of the molecule is Nc1cccc(OCCC(=O)NCCO)c1. The van der Waals surface area contributed by atoms with Gasteiger partial charge in [-0.15, -0.1) is 0 Å². The van der Waals surface area contributed by atoms with Gasteiger partial charge in [0.1, 0.15) is 5.75 Å². The number of hydrogen-bond acceptors (Lipinski definition) is 4. The summed E-state index contributed by atoms with van der Waals surface area (Å²) >= 11 is 0. The Morgan fingerprint density at radius 1 is 1.50 bits per heavy atom. The zero-order valence-electron chi connectivity index (χ0n) is 8.98. The van der Waals surface area contributed by atoms with Crippen molar-refractivity contribution in [1.82, 2.24) is 5.32 Å². The number of aliphatic hydroxyl groups is 1. The minimum absolute atomic E-state index is 0.0538. The van der Waals surface area contributed by atoms with Crippen LogP contribution in [-0.2, 0) is 4.79 Å². The first kappa shape index (κ1) is 12.3. The van der Waals surface area contributed by atoms with Gasteiger partial charge in [0.25, 0.3) is 0 Å². The topological polar surface area (TPSA) is 84.6 Å². The molecule has 0 unspecified atom stereocenters. The molecule has 0 heterocycles. The minimum Gasteiger partial charge on any atom is -0.493 e. The van der Waals surface area contributed by atoms with Crippen LogP contribution in [0, 0.1) is 0 Å². The lowest BCUT2D eigenvalue weighted by Crippen LogP contribution is -2.27. The lowest BCUT2D eigenvalue weighted by atomic mass is 10.3. The van der Waals surface area contributed by atoms with E-state index in [0.717, 1.165) is 0 Å². The minimum atomic E-state index is -0.141. The fourth-order valence-corrected chi connectivity index (χ4v) is 1.15. The summed E-state index contributed by atoms with van der Waals surface area (Å²) in [6, 6.07) is 7.03. The van der Waals surface area contributed by atoms with Crippen LogP contribution in [0.1, 0.15) is 6.42 Å². The van der Waals surface area contributed by atoms with E-state index in [1.807, 2.05) is 0 Å². The van der Waals surface area contributed by atoms with Crippen molar-refractivity contribution in [3.63, 3.8) is 0 Å². The Morgan fingerprint density at radius 2 is 2.31 bits per heavy atom. The van der Waals surface area contributed by atoms with Crippen molar-refractivity contribution in [1.29, 1.82) is 0 Å². The van der Waals surface area contributed by atoms with Gasteiger partial charge in [0.2, 0.25) is 5.91 Å². The van der Waals surface area contributed by atoms with E-state index in [1.54, 1.807) is 24.3 Å². The number of rotatable bonds is 6. The number of nitrogens with two attached hydrogens (primary N) is 1. The van der Waals surface area contributed by atoms with Gasteiger partial charge in [-0.1, -0.05) is 6.07 Å². The zero-order chi connectivity index (χ0) is 11.8. The normalized spacial score (nSPS) is 9.81. The molecular weight excluding hydrogens is 208 g/mol. The molecule has 0 aliphatic rings. The van der Waals surface area contributed by atoms with E-state index in [1.165, 1.54) is 0 Å². The molecule has 0 radical (unpaired) electrons. The van der Waals surface area contributed by atoms with Gasteiger partial charge >= 0.3 is 0 Å². The molecule has 1 aromatic rings. The summed E-state index contributed by atoms with van der Waals surface area (Å²) in [7, 11) is 0. The molecule has 0 saturated heterocycles. The standard InChI is InChI=1S/C11H16N2O3/c12-9-2-1-3-10(8-9)16-7-4-11(15)13-5-6-14/h1-3,8,14H,4-7,12H2,(H,13,15).